The van der Waals surface area contributed by atoms with Crippen LogP contribution < -0.4 is 5.32 Å². The van der Waals surface area contributed by atoms with E-state index in [-0.39, 0.29) is 10.6 Å². The fraction of sp³-hybridized carbons (Fsp3) is 0.235. The molecular weight excluding hydrogens is 390 g/mol. The number of anilines is 1. The van der Waals surface area contributed by atoms with Gasteiger partial charge < -0.3 is 10.4 Å². The van der Waals surface area contributed by atoms with Crippen LogP contribution in [0, 0.1) is 5.82 Å². The van der Waals surface area contributed by atoms with E-state index >= 15 is 0 Å². The van der Waals surface area contributed by atoms with Crippen molar-refractivity contribution in [3.05, 3.63) is 59.9 Å². The first-order chi connectivity index (χ1) is 12.3. The van der Waals surface area contributed by atoms with E-state index < -0.39 is 44.7 Å². The highest BCUT2D eigenvalue weighted by molar-refractivity contribution is 7.91. The van der Waals surface area contributed by atoms with Crippen molar-refractivity contribution in [2.75, 3.05) is 11.1 Å². The van der Waals surface area contributed by atoms with Gasteiger partial charge in [0.1, 0.15) is 5.82 Å². The number of carbonyl (C=O) groups is 1. The predicted molar refractivity (Wildman–Crippen MR) is 89.2 cm³/mol. The van der Waals surface area contributed by atoms with E-state index in [0.717, 1.165) is 49.4 Å². The number of aliphatic hydroxyl groups is 1. The van der Waals surface area contributed by atoms with Crippen LogP contribution in [0.25, 0.3) is 0 Å². The van der Waals surface area contributed by atoms with Crippen molar-refractivity contribution in [2.24, 2.45) is 0 Å². The molecule has 2 aromatic rings. The minimum absolute atomic E-state index is 0.255. The highest BCUT2D eigenvalue weighted by Crippen LogP contribution is 2.31. The van der Waals surface area contributed by atoms with Gasteiger partial charge in [-0.3, -0.25) is 4.79 Å². The molecule has 5 nitrogen and oxygen atoms in total. The molecule has 0 fully saturated rings. The van der Waals surface area contributed by atoms with Crippen LogP contribution in [0.1, 0.15) is 12.5 Å². The van der Waals surface area contributed by atoms with Crippen LogP contribution in [-0.4, -0.2) is 30.8 Å². The number of rotatable bonds is 5. The zero-order valence-electron chi connectivity index (χ0n) is 13.9. The largest absolute Gasteiger partial charge is 0.416 e. The predicted octanol–water partition coefficient (Wildman–Crippen LogP) is 3.01. The van der Waals surface area contributed by atoms with Crippen molar-refractivity contribution in [3.8, 4) is 0 Å². The van der Waals surface area contributed by atoms with Crippen LogP contribution in [0.5, 0.6) is 0 Å². The van der Waals surface area contributed by atoms with Crippen LogP contribution in [0.3, 0.4) is 0 Å². The molecule has 2 N–H and O–H groups in total. The molecule has 0 radical (unpaired) electrons. The van der Waals surface area contributed by atoms with Crippen molar-refractivity contribution in [3.63, 3.8) is 0 Å². The van der Waals surface area contributed by atoms with Crippen molar-refractivity contribution in [1.82, 2.24) is 0 Å². The molecule has 0 aliphatic heterocycles. The molecule has 0 bridgehead atoms. The number of alkyl halides is 3. The van der Waals surface area contributed by atoms with Gasteiger partial charge in [0.15, 0.2) is 15.4 Å². The first kappa shape index (κ1) is 20.8. The summed E-state index contributed by atoms with van der Waals surface area (Å²) >= 11 is 0. The van der Waals surface area contributed by atoms with E-state index in [1.54, 1.807) is 0 Å². The summed E-state index contributed by atoms with van der Waals surface area (Å²) in [4.78, 5) is 11.9. The first-order valence-electron chi connectivity index (χ1n) is 7.51. The maximum absolute atomic E-state index is 12.9. The lowest BCUT2D eigenvalue weighted by Gasteiger charge is -2.22. The zero-order chi connectivity index (χ0) is 20.5. The molecule has 0 heterocycles. The quantitative estimate of drug-likeness (QED) is 0.592. The van der Waals surface area contributed by atoms with Crippen molar-refractivity contribution in [1.29, 1.82) is 0 Å². The summed E-state index contributed by atoms with van der Waals surface area (Å²) < 4.78 is 75.6. The van der Waals surface area contributed by atoms with Crippen molar-refractivity contribution in [2.45, 2.75) is 23.6 Å². The van der Waals surface area contributed by atoms with Gasteiger partial charge in [-0.1, -0.05) is 6.07 Å². The van der Waals surface area contributed by atoms with Crippen LogP contribution in [0.2, 0.25) is 0 Å². The van der Waals surface area contributed by atoms with Gasteiger partial charge in [-0.25, -0.2) is 12.8 Å². The molecule has 0 saturated carbocycles. The SMILES string of the molecule is C[C@](O)(CS(=O)(=O)c1ccc(F)cc1)C(=O)Nc1cccc(C(F)(F)F)c1. The third-order valence-electron chi connectivity index (χ3n) is 3.58. The Hall–Kier alpha value is -2.46. The lowest BCUT2D eigenvalue weighted by atomic mass is 10.1. The first-order valence-corrected chi connectivity index (χ1v) is 9.16. The molecule has 0 unspecified atom stereocenters. The third kappa shape index (κ3) is 5.27. The summed E-state index contributed by atoms with van der Waals surface area (Å²) in [5.74, 6) is -2.91. The van der Waals surface area contributed by atoms with Crippen LogP contribution >= 0.6 is 0 Å². The minimum atomic E-state index is -4.63. The molecule has 2 rings (SSSR count). The number of carbonyl (C=O) groups excluding carboxylic acids is 1. The number of hydrogen-bond donors (Lipinski definition) is 2. The van der Waals surface area contributed by atoms with Crippen molar-refractivity contribution < 1.29 is 35.9 Å². The zero-order valence-corrected chi connectivity index (χ0v) is 14.7. The average molecular weight is 405 g/mol. The molecule has 0 saturated heterocycles. The second kappa shape index (κ2) is 7.28. The standard InChI is InChI=1S/C17H15F4NO4S/c1-16(24,10-27(25,26)14-7-5-12(18)6-8-14)15(23)22-13-4-2-3-11(9-13)17(19,20)21/h2-9,24H,10H2,1H3,(H,22,23)/t16-/m0/s1. The number of halogens is 4. The molecule has 146 valence electrons. The molecule has 0 spiro atoms. The Morgan fingerprint density at radius 3 is 2.26 bits per heavy atom. The maximum Gasteiger partial charge on any atom is 0.416 e. The summed E-state index contributed by atoms with van der Waals surface area (Å²) in [5.41, 5.74) is -3.71. The van der Waals surface area contributed by atoms with Gasteiger partial charge in [-0.15, -0.1) is 0 Å². The fourth-order valence-corrected chi connectivity index (χ4v) is 3.79. The van der Waals surface area contributed by atoms with E-state index in [2.05, 4.69) is 5.32 Å². The molecular formula is C17H15F4NO4S. The van der Waals surface area contributed by atoms with Crippen LogP contribution in [0.15, 0.2) is 53.4 Å². The van der Waals surface area contributed by atoms with E-state index in [0.29, 0.717) is 6.07 Å². The number of sulfone groups is 1. The highest BCUT2D eigenvalue weighted by atomic mass is 32.2. The maximum atomic E-state index is 12.9. The van der Waals surface area contributed by atoms with Crippen molar-refractivity contribution >= 4 is 21.4 Å². The smallest absolute Gasteiger partial charge is 0.379 e. The Labute approximate surface area is 152 Å². The molecule has 1 atom stereocenters. The number of amides is 1. The van der Waals surface area contributed by atoms with E-state index in [4.69, 9.17) is 0 Å². The van der Waals surface area contributed by atoms with Gasteiger partial charge in [0, 0.05) is 5.69 Å². The Balaban J connectivity index is 2.19. The lowest BCUT2D eigenvalue weighted by molar-refractivity contribution is -0.137. The van der Waals surface area contributed by atoms with E-state index in [1.807, 2.05) is 0 Å². The van der Waals surface area contributed by atoms with E-state index in [1.165, 1.54) is 0 Å². The molecule has 10 heteroatoms. The molecule has 27 heavy (non-hydrogen) atoms. The monoisotopic (exact) mass is 405 g/mol. The summed E-state index contributed by atoms with van der Waals surface area (Å²) in [6, 6.07) is 7.45. The van der Waals surface area contributed by atoms with E-state index in [9.17, 15) is 35.9 Å². The summed E-state index contributed by atoms with van der Waals surface area (Å²) in [5, 5.41) is 12.3. The molecule has 1 amide bonds. The normalized spacial score (nSPS) is 14.4. The number of hydrogen-bond acceptors (Lipinski definition) is 4. The van der Waals surface area contributed by atoms with Gasteiger partial charge in [0.25, 0.3) is 5.91 Å². The van der Waals surface area contributed by atoms with Crippen LogP contribution in [0.4, 0.5) is 23.2 Å². The summed E-state index contributed by atoms with van der Waals surface area (Å²) in [7, 11) is -4.16. The highest BCUT2D eigenvalue weighted by Gasteiger charge is 2.37. The Morgan fingerprint density at radius 2 is 1.70 bits per heavy atom. The Kier molecular flexibility index (Phi) is 5.62. The minimum Gasteiger partial charge on any atom is -0.379 e. The summed E-state index contributed by atoms with van der Waals surface area (Å²) in [6.07, 6.45) is -4.63. The van der Waals surface area contributed by atoms with Gasteiger partial charge in [-0.05, 0) is 49.4 Å². The Bertz CT molecular complexity index is 938. The van der Waals surface area contributed by atoms with Gasteiger partial charge in [-0.2, -0.15) is 13.2 Å². The van der Waals surface area contributed by atoms with Gasteiger partial charge in [0.2, 0.25) is 0 Å². The van der Waals surface area contributed by atoms with Crippen LogP contribution in [-0.2, 0) is 20.8 Å². The fourth-order valence-electron chi connectivity index (χ4n) is 2.20. The third-order valence-corrected chi connectivity index (χ3v) is 5.51. The average Bonchev–Trinajstić information content (AvgIpc) is 2.53. The van der Waals surface area contributed by atoms with Gasteiger partial charge >= 0.3 is 6.18 Å². The number of benzene rings is 2. The lowest BCUT2D eigenvalue weighted by Crippen LogP contribution is -2.45. The molecule has 2 aromatic carbocycles. The molecule has 0 aromatic heterocycles. The molecule has 0 aliphatic carbocycles. The topological polar surface area (TPSA) is 83.5 Å². The second-order valence-electron chi connectivity index (χ2n) is 6.02. The molecule has 0 aliphatic rings. The summed E-state index contributed by atoms with van der Waals surface area (Å²) in [6.45, 7) is 0.914. The van der Waals surface area contributed by atoms with Gasteiger partial charge in [0.05, 0.1) is 16.2 Å². The second-order valence-corrected chi connectivity index (χ2v) is 8.01. The number of nitrogens with one attached hydrogen (secondary N) is 1. The Morgan fingerprint density at radius 1 is 1.11 bits per heavy atom.